The monoisotopic (exact) mass is 260 g/mol. The first-order chi connectivity index (χ1) is 6.50. The molecule has 3 nitrogen and oxygen atoms in total. The van der Waals surface area contributed by atoms with Gasteiger partial charge < -0.3 is 4.74 Å². The van der Waals surface area contributed by atoms with E-state index in [9.17, 15) is 0 Å². The molecule has 0 bridgehead atoms. The highest BCUT2D eigenvalue weighted by Crippen LogP contribution is 2.18. The van der Waals surface area contributed by atoms with Crippen molar-refractivity contribution in [3.8, 4) is 0 Å². The van der Waals surface area contributed by atoms with Gasteiger partial charge in [-0.3, -0.25) is 4.68 Å². The van der Waals surface area contributed by atoms with Crippen LogP contribution in [-0.2, 0) is 11.3 Å². The van der Waals surface area contributed by atoms with Crippen LogP contribution in [0.3, 0.4) is 0 Å². The molecular formula is C10H17BrN2O. The number of rotatable bonds is 4. The van der Waals surface area contributed by atoms with Gasteiger partial charge in [0.1, 0.15) is 5.69 Å². The van der Waals surface area contributed by atoms with Crippen LogP contribution < -0.4 is 0 Å². The zero-order chi connectivity index (χ0) is 10.7. The summed E-state index contributed by atoms with van der Waals surface area (Å²) in [5.41, 5.74) is 0.965. The molecule has 0 amide bonds. The molecule has 0 radical (unpaired) electrons. The largest absolute Gasteiger partial charge is 0.372 e. The van der Waals surface area contributed by atoms with Crippen molar-refractivity contribution in [3.63, 3.8) is 0 Å². The molecule has 0 aromatic carbocycles. The summed E-state index contributed by atoms with van der Waals surface area (Å²) in [4.78, 5) is 0. The minimum absolute atomic E-state index is 0.242. The van der Waals surface area contributed by atoms with E-state index in [4.69, 9.17) is 4.74 Å². The van der Waals surface area contributed by atoms with Gasteiger partial charge in [-0.2, -0.15) is 5.10 Å². The molecular weight excluding hydrogens is 244 g/mol. The first-order valence-electron chi connectivity index (χ1n) is 4.85. The predicted molar refractivity (Wildman–Crippen MR) is 60.2 cm³/mol. The molecule has 0 saturated carbocycles. The Morgan fingerprint density at radius 3 is 2.50 bits per heavy atom. The first-order valence-corrected chi connectivity index (χ1v) is 5.65. The fraction of sp³-hybridized carbons (Fsp3) is 0.700. The van der Waals surface area contributed by atoms with E-state index in [0.29, 0.717) is 12.6 Å². The average molecular weight is 261 g/mol. The summed E-state index contributed by atoms with van der Waals surface area (Å²) >= 11 is 3.47. The fourth-order valence-corrected chi connectivity index (χ4v) is 1.42. The van der Waals surface area contributed by atoms with Crippen molar-refractivity contribution in [2.24, 2.45) is 0 Å². The third-order valence-corrected chi connectivity index (χ3v) is 2.50. The van der Waals surface area contributed by atoms with Crippen LogP contribution in [0, 0.1) is 0 Å². The van der Waals surface area contributed by atoms with Gasteiger partial charge in [0, 0.05) is 12.2 Å². The van der Waals surface area contributed by atoms with E-state index in [1.807, 2.05) is 24.7 Å². The summed E-state index contributed by atoms with van der Waals surface area (Å²) in [6, 6.07) is 0.388. The SMILES string of the molecule is CC(C)OCc1nn(C(C)C)cc1Br. The molecule has 1 aromatic heterocycles. The first kappa shape index (κ1) is 11.7. The van der Waals surface area contributed by atoms with E-state index in [1.54, 1.807) is 0 Å². The Labute approximate surface area is 93.6 Å². The molecule has 0 spiro atoms. The van der Waals surface area contributed by atoms with Crippen molar-refractivity contribution in [1.82, 2.24) is 9.78 Å². The van der Waals surface area contributed by atoms with Gasteiger partial charge in [-0.05, 0) is 43.6 Å². The lowest BCUT2D eigenvalue weighted by Gasteiger charge is -2.06. The molecule has 0 fully saturated rings. The zero-order valence-electron chi connectivity index (χ0n) is 9.12. The minimum Gasteiger partial charge on any atom is -0.372 e. The lowest BCUT2D eigenvalue weighted by atomic mass is 10.4. The molecule has 1 rings (SSSR count). The van der Waals surface area contributed by atoms with Gasteiger partial charge in [-0.1, -0.05) is 0 Å². The Morgan fingerprint density at radius 1 is 1.43 bits per heavy atom. The summed E-state index contributed by atoms with van der Waals surface area (Å²) in [7, 11) is 0. The molecule has 0 aliphatic rings. The standard InChI is InChI=1S/C10H17BrN2O/c1-7(2)13-5-9(11)10(12-13)6-14-8(3)4/h5,7-8H,6H2,1-4H3. The molecule has 0 aliphatic carbocycles. The smallest absolute Gasteiger partial charge is 0.102 e. The lowest BCUT2D eigenvalue weighted by Crippen LogP contribution is -2.05. The third kappa shape index (κ3) is 3.10. The second-order valence-corrected chi connectivity index (χ2v) is 4.71. The lowest BCUT2D eigenvalue weighted by molar-refractivity contribution is 0.0628. The number of hydrogen-bond acceptors (Lipinski definition) is 2. The summed E-state index contributed by atoms with van der Waals surface area (Å²) in [5, 5.41) is 4.43. The molecule has 1 heterocycles. The summed E-state index contributed by atoms with van der Waals surface area (Å²) in [6.45, 7) is 8.82. The van der Waals surface area contributed by atoms with E-state index in [-0.39, 0.29) is 6.10 Å². The Balaban J connectivity index is 2.67. The van der Waals surface area contributed by atoms with Crippen LogP contribution >= 0.6 is 15.9 Å². The van der Waals surface area contributed by atoms with Gasteiger partial charge in [-0.15, -0.1) is 0 Å². The molecule has 0 N–H and O–H groups in total. The summed E-state index contributed by atoms with van der Waals surface area (Å²) < 4.78 is 8.45. The molecule has 0 aliphatic heterocycles. The van der Waals surface area contributed by atoms with Crippen molar-refractivity contribution < 1.29 is 4.74 Å². The fourth-order valence-electron chi connectivity index (χ4n) is 1.01. The number of aromatic nitrogens is 2. The van der Waals surface area contributed by atoms with Gasteiger partial charge in [0.2, 0.25) is 0 Å². The summed E-state index contributed by atoms with van der Waals surface area (Å²) in [5.74, 6) is 0. The maximum atomic E-state index is 5.50. The quantitative estimate of drug-likeness (QED) is 0.832. The third-order valence-electron chi connectivity index (χ3n) is 1.84. The van der Waals surface area contributed by atoms with Crippen molar-refractivity contribution in [2.75, 3.05) is 0 Å². The van der Waals surface area contributed by atoms with Crippen LogP contribution in [-0.4, -0.2) is 15.9 Å². The Morgan fingerprint density at radius 2 is 2.07 bits per heavy atom. The molecule has 1 aromatic rings. The van der Waals surface area contributed by atoms with Crippen LogP contribution in [0.1, 0.15) is 39.4 Å². The number of nitrogens with zero attached hydrogens (tertiary/aromatic N) is 2. The molecule has 0 saturated heterocycles. The van der Waals surface area contributed by atoms with Crippen LogP contribution in [0.15, 0.2) is 10.7 Å². The highest BCUT2D eigenvalue weighted by Gasteiger charge is 2.08. The van der Waals surface area contributed by atoms with E-state index >= 15 is 0 Å². The highest BCUT2D eigenvalue weighted by atomic mass is 79.9. The number of hydrogen-bond donors (Lipinski definition) is 0. The molecule has 0 unspecified atom stereocenters. The minimum atomic E-state index is 0.242. The Kier molecular flexibility index (Phi) is 4.13. The Hall–Kier alpha value is -0.350. The highest BCUT2D eigenvalue weighted by molar-refractivity contribution is 9.10. The Bertz CT molecular complexity index is 294. The van der Waals surface area contributed by atoms with Crippen molar-refractivity contribution >= 4 is 15.9 Å². The maximum Gasteiger partial charge on any atom is 0.102 e. The predicted octanol–water partition coefficient (Wildman–Crippen LogP) is 3.15. The van der Waals surface area contributed by atoms with Crippen LogP contribution in [0.5, 0.6) is 0 Å². The van der Waals surface area contributed by atoms with Gasteiger partial charge in [0.25, 0.3) is 0 Å². The van der Waals surface area contributed by atoms with Gasteiger partial charge in [0.15, 0.2) is 0 Å². The van der Waals surface area contributed by atoms with Crippen molar-refractivity contribution in [2.45, 2.75) is 46.4 Å². The molecule has 14 heavy (non-hydrogen) atoms. The summed E-state index contributed by atoms with van der Waals surface area (Å²) in [6.07, 6.45) is 2.23. The normalized spacial score (nSPS) is 11.6. The number of ether oxygens (including phenoxy) is 1. The van der Waals surface area contributed by atoms with Crippen LogP contribution in [0.2, 0.25) is 0 Å². The van der Waals surface area contributed by atoms with E-state index in [2.05, 4.69) is 34.9 Å². The van der Waals surface area contributed by atoms with Crippen LogP contribution in [0.4, 0.5) is 0 Å². The number of halogens is 1. The van der Waals surface area contributed by atoms with E-state index in [0.717, 1.165) is 10.2 Å². The zero-order valence-corrected chi connectivity index (χ0v) is 10.7. The van der Waals surface area contributed by atoms with Crippen molar-refractivity contribution in [3.05, 3.63) is 16.4 Å². The second-order valence-electron chi connectivity index (χ2n) is 3.86. The van der Waals surface area contributed by atoms with E-state index in [1.165, 1.54) is 0 Å². The maximum absolute atomic E-state index is 5.50. The van der Waals surface area contributed by atoms with Crippen molar-refractivity contribution in [1.29, 1.82) is 0 Å². The topological polar surface area (TPSA) is 27.1 Å². The van der Waals surface area contributed by atoms with E-state index < -0.39 is 0 Å². The molecule has 0 atom stereocenters. The molecule has 80 valence electrons. The van der Waals surface area contributed by atoms with Crippen LogP contribution in [0.25, 0.3) is 0 Å². The average Bonchev–Trinajstić information content (AvgIpc) is 2.43. The second kappa shape index (κ2) is 4.94. The van der Waals surface area contributed by atoms with Gasteiger partial charge in [-0.25, -0.2) is 0 Å². The van der Waals surface area contributed by atoms with Gasteiger partial charge >= 0.3 is 0 Å². The van der Waals surface area contributed by atoms with Gasteiger partial charge in [0.05, 0.1) is 17.2 Å². The molecule has 4 heteroatoms.